The van der Waals surface area contributed by atoms with Crippen LogP contribution in [0.25, 0.3) is 0 Å². The van der Waals surface area contributed by atoms with Gasteiger partial charge in [0.1, 0.15) is 0 Å². The summed E-state index contributed by atoms with van der Waals surface area (Å²) < 4.78 is 11.7. The number of rotatable bonds is 5. The quantitative estimate of drug-likeness (QED) is 0.780. The van der Waals surface area contributed by atoms with Crippen LogP contribution in [0.2, 0.25) is 0 Å². The van der Waals surface area contributed by atoms with E-state index in [1.807, 2.05) is 0 Å². The predicted molar refractivity (Wildman–Crippen MR) is 64.6 cm³/mol. The predicted octanol–water partition coefficient (Wildman–Crippen LogP) is 2.10. The first-order chi connectivity index (χ1) is 7.70. The second-order valence-electron chi connectivity index (χ2n) is 5.53. The van der Waals surface area contributed by atoms with Crippen LogP contribution >= 0.6 is 0 Å². The molecule has 3 nitrogen and oxygen atoms in total. The van der Waals surface area contributed by atoms with E-state index in [1.54, 1.807) is 0 Å². The van der Waals surface area contributed by atoms with Crippen LogP contribution in [0.15, 0.2) is 0 Å². The smallest absolute Gasteiger partial charge is 0.0838 e. The van der Waals surface area contributed by atoms with Crippen LogP contribution in [0.1, 0.15) is 46.0 Å². The topological polar surface area (TPSA) is 30.5 Å². The van der Waals surface area contributed by atoms with Gasteiger partial charge in [0.05, 0.1) is 18.3 Å². The highest BCUT2D eigenvalue weighted by Gasteiger charge is 2.37. The summed E-state index contributed by atoms with van der Waals surface area (Å²) in [4.78, 5) is 0. The number of ether oxygens (including phenoxy) is 2. The minimum absolute atomic E-state index is 0.0998. The molecule has 3 heteroatoms. The van der Waals surface area contributed by atoms with E-state index in [0.29, 0.717) is 12.1 Å². The molecule has 94 valence electrons. The Morgan fingerprint density at radius 1 is 1.38 bits per heavy atom. The Morgan fingerprint density at radius 3 is 2.69 bits per heavy atom. The lowest BCUT2D eigenvalue weighted by atomic mass is 10.0. The van der Waals surface area contributed by atoms with Crippen molar-refractivity contribution in [2.75, 3.05) is 19.8 Å². The molecule has 1 saturated heterocycles. The van der Waals surface area contributed by atoms with Gasteiger partial charge in [-0.1, -0.05) is 26.7 Å². The SMILES string of the molecule is CC(C)NCC1(OC2CCOC2)CCCC1. The van der Waals surface area contributed by atoms with Gasteiger partial charge in [-0.3, -0.25) is 0 Å². The molecule has 1 unspecified atom stereocenters. The van der Waals surface area contributed by atoms with Crippen molar-refractivity contribution >= 4 is 0 Å². The fourth-order valence-electron chi connectivity index (χ4n) is 2.71. The van der Waals surface area contributed by atoms with E-state index in [-0.39, 0.29) is 5.60 Å². The Hall–Kier alpha value is -0.120. The van der Waals surface area contributed by atoms with Gasteiger partial charge in [0, 0.05) is 19.2 Å². The summed E-state index contributed by atoms with van der Waals surface area (Å²) in [6.07, 6.45) is 6.46. The molecule has 0 aromatic heterocycles. The lowest BCUT2D eigenvalue weighted by Crippen LogP contribution is -2.45. The maximum absolute atomic E-state index is 6.32. The summed E-state index contributed by atoms with van der Waals surface area (Å²) in [5.41, 5.74) is 0.0998. The molecule has 1 N–H and O–H groups in total. The summed E-state index contributed by atoms with van der Waals surface area (Å²) >= 11 is 0. The molecular weight excluding hydrogens is 202 g/mol. The van der Waals surface area contributed by atoms with Crippen molar-refractivity contribution in [1.29, 1.82) is 0 Å². The molecule has 0 amide bonds. The Balaban J connectivity index is 1.86. The average molecular weight is 227 g/mol. The van der Waals surface area contributed by atoms with Crippen molar-refractivity contribution < 1.29 is 9.47 Å². The maximum atomic E-state index is 6.32. The molecule has 1 saturated carbocycles. The minimum Gasteiger partial charge on any atom is -0.379 e. The third-order valence-corrected chi connectivity index (χ3v) is 3.65. The third kappa shape index (κ3) is 3.19. The van der Waals surface area contributed by atoms with E-state index in [0.717, 1.165) is 26.2 Å². The Labute approximate surface area is 98.9 Å². The molecule has 2 fully saturated rings. The lowest BCUT2D eigenvalue weighted by molar-refractivity contribution is -0.0894. The molecule has 1 heterocycles. The van der Waals surface area contributed by atoms with Crippen LogP contribution in [0.4, 0.5) is 0 Å². The van der Waals surface area contributed by atoms with Gasteiger partial charge in [0.2, 0.25) is 0 Å². The van der Waals surface area contributed by atoms with E-state index in [9.17, 15) is 0 Å². The molecule has 0 bridgehead atoms. The van der Waals surface area contributed by atoms with Crippen LogP contribution in [-0.2, 0) is 9.47 Å². The second kappa shape index (κ2) is 5.48. The van der Waals surface area contributed by atoms with E-state index < -0.39 is 0 Å². The van der Waals surface area contributed by atoms with E-state index in [2.05, 4.69) is 19.2 Å². The first kappa shape index (κ1) is 12.3. The fraction of sp³-hybridized carbons (Fsp3) is 1.00. The molecule has 1 aliphatic heterocycles. The Bertz CT molecular complexity index is 206. The van der Waals surface area contributed by atoms with E-state index >= 15 is 0 Å². The highest BCUT2D eigenvalue weighted by molar-refractivity contribution is 4.90. The van der Waals surface area contributed by atoms with Crippen molar-refractivity contribution in [3.05, 3.63) is 0 Å². The van der Waals surface area contributed by atoms with E-state index in [1.165, 1.54) is 25.7 Å². The van der Waals surface area contributed by atoms with Crippen molar-refractivity contribution in [2.45, 2.75) is 63.7 Å². The van der Waals surface area contributed by atoms with Gasteiger partial charge >= 0.3 is 0 Å². The third-order valence-electron chi connectivity index (χ3n) is 3.65. The highest BCUT2D eigenvalue weighted by atomic mass is 16.6. The standard InChI is InChI=1S/C13H25NO2/c1-11(2)14-10-13(6-3-4-7-13)16-12-5-8-15-9-12/h11-12,14H,3-10H2,1-2H3. The number of hydrogen-bond donors (Lipinski definition) is 1. The molecule has 2 aliphatic rings. The molecule has 0 spiro atoms. The maximum Gasteiger partial charge on any atom is 0.0838 e. The zero-order valence-corrected chi connectivity index (χ0v) is 10.6. The van der Waals surface area contributed by atoms with Gasteiger partial charge in [-0.2, -0.15) is 0 Å². The van der Waals surface area contributed by atoms with Crippen molar-refractivity contribution in [1.82, 2.24) is 5.32 Å². The highest BCUT2D eigenvalue weighted by Crippen LogP contribution is 2.35. The van der Waals surface area contributed by atoms with Crippen molar-refractivity contribution in [3.8, 4) is 0 Å². The van der Waals surface area contributed by atoms with Gasteiger partial charge in [-0.15, -0.1) is 0 Å². The van der Waals surface area contributed by atoms with Crippen molar-refractivity contribution in [2.24, 2.45) is 0 Å². The van der Waals surface area contributed by atoms with Gasteiger partial charge in [0.15, 0.2) is 0 Å². The summed E-state index contributed by atoms with van der Waals surface area (Å²) in [6.45, 7) is 7.06. The van der Waals surface area contributed by atoms with Crippen LogP contribution in [0.3, 0.4) is 0 Å². The first-order valence-corrected chi connectivity index (χ1v) is 6.69. The fourth-order valence-corrected chi connectivity index (χ4v) is 2.71. The molecule has 0 aromatic rings. The zero-order chi connectivity index (χ0) is 11.4. The zero-order valence-electron chi connectivity index (χ0n) is 10.6. The van der Waals surface area contributed by atoms with Crippen LogP contribution in [0, 0.1) is 0 Å². The molecule has 0 radical (unpaired) electrons. The molecule has 0 aromatic carbocycles. The van der Waals surface area contributed by atoms with Gasteiger partial charge in [0.25, 0.3) is 0 Å². The molecule has 1 aliphatic carbocycles. The van der Waals surface area contributed by atoms with Gasteiger partial charge in [-0.25, -0.2) is 0 Å². The Morgan fingerprint density at radius 2 is 2.12 bits per heavy atom. The Kier molecular flexibility index (Phi) is 4.22. The largest absolute Gasteiger partial charge is 0.379 e. The molecule has 2 rings (SSSR count). The van der Waals surface area contributed by atoms with Crippen LogP contribution < -0.4 is 5.32 Å². The number of hydrogen-bond acceptors (Lipinski definition) is 3. The van der Waals surface area contributed by atoms with E-state index in [4.69, 9.17) is 9.47 Å². The summed E-state index contributed by atoms with van der Waals surface area (Å²) in [6, 6.07) is 0.543. The van der Waals surface area contributed by atoms with Gasteiger partial charge in [-0.05, 0) is 19.3 Å². The summed E-state index contributed by atoms with van der Waals surface area (Å²) in [5, 5.41) is 3.54. The van der Waals surface area contributed by atoms with Gasteiger partial charge < -0.3 is 14.8 Å². The number of nitrogens with one attached hydrogen (secondary N) is 1. The van der Waals surface area contributed by atoms with Crippen LogP contribution in [-0.4, -0.2) is 37.5 Å². The summed E-state index contributed by atoms with van der Waals surface area (Å²) in [5.74, 6) is 0. The average Bonchev–Trinajstić information content (AvgIpc) is 2.88. The van der Waals surface area contributed by atoms with Crippen molar-refractivity contribution in [3.63, 3.8) is 0 Å². The lowest BCUT2D eigenvalue weighted by Gasteiger charge is -2.33. The normalized spacial score (nSPS) is 29.1. The second-order valence-corrected chi connectivity index (χ2v) is 5.53. The molecule has 1 atom stereocenters. The first-order valence-electron chi connectivity index (χ1n) is 6.69. The van der Waals surface area contributed by atoms with Crippen LogP contribution in [0.5, 0.6) is 0 Å². The monoisotopic (exact) mass is 227 g/mol. The summed E-state index contributed by atoms with van der Waals surface area (Å²) in [7, 11) is 0. The molecular formula is C13H25NO2. The molecule has 16 heavy (non-hydrogen) atoms. The minimum atomic E-state index is 0.0998.